The van der Waals surface area contributed by atoms with Gasteiger partial charge < -0.3 is 5.11 Å². The Kier molecular flexibility index (Phi) is 6.44. The van der Waals surface area contributed by atoms with Crippen LogP contribution in [0.3, 0.4) is 0 Å². The van der Waals surface area contributed by atoms with Crippen molar-refractivity contribution in [2.24, 2.45) is 17.9 Å². The summed E-state index contributed by atoms with van der Waals surface area (Å²) in [7, 11) is 1.71. The molecule has 4 rings (SSSR count). The average molecular weight is 470 g/mol. The van der Waals surface area contributed by atoms with Crippen LogP contribution in [0.1, 0.15) is 83.2 Å². The van der Waals surface area contributed by atoms with E-state index in [9.17, 15) is 24.3 Å². The highest BCUT2D eigenvalue weighted by atomic mass is 16.4. The number of imidazole rings is 1. The molecular formula is C26H35N3O5. The maximum absolute atomic E-state index is 13.1. The van der Waals surface area contributed by atoms with Gasteiger partial charge in [-0.3, -0.25) is 28.8 Å². The molecule has 2 aliphatic rings. The highest BCUT2D eigenvalue weighted by molar-refractivity contribution is 6.00. The molecule has 2 N–H and O–H groups in total. The molecule has 0 spiro atoms. The van der Waals surface area contributed by atoms with E-state index < -0.39 is 17.9 Å². The van der Waals surface area contributed by atoms with Gasteiger partial charge in [-0.05, 0) is 60.6 Å². The highest BCUT2D eigenvalue weighted by Gasteiger charge is 2.39. The lowest BCUT2D eigenvalue weighted by molar-refractivity contribution is -0.140. The number of aliphatic carboxylic acids is 1. The van der Waals surface area contributed by atoms with Gasteiger partial charge in [0.2, 0.25) is 11.8 Å². The number of hydrogen-bond donors (Lipinski definition) is 2. The number of rotatable bonds is 7. The van der Waals surface area contributed by atoms with Gasteiger partial charge in [0.05, 0.1) is 17.5 Å². The largest absolute Gasteiger partial charge is 0.481 e. The number of carboxylic acid groups (broad SMARTS) is 1. The summed E-state index contributed by atoms with van der Waals surface area (Å²) in [5, 5.41) is 11.7. The molecule has 1 saturated heterocycles. The number of nitrogens with zero attached hydrogens (tertiary/aromatic N) is 2. The maximum atomic E-state index is 13.1. The second kappa shape index (κ2) is 9.04. The molecule has 8 heteroatoms. The average Bonchev–Trinajstić information content (AvgIpc) is 2.97. The minimum Gasteiger partial charge on any atom is -0.481 e. The van der Waals surface area contributed by atoms with Crippen molar-refractivity contribution in [1.82, 2.24) is 14.5 Å². The number of piperidine rings is 1. The van der Waals surface area contributed by atoms with Crippen LogP contribution in [-0.2, 0) is 27.9 Å². The molecule has 8 nitrogen and oxygen atoms in total. The zero-order chi connectivity index (χ0) is 24.7. The second-order valence-corrected chi connectivity index (χ2v) is 11.2. The lowest BCUT2D eigenvalue weighted by Gasteiger charge is -2.43. The van der Waals surface area contributed by atoms with Gasteiger partial charge in [-0.25, -0.2) is 4.79 Å². The zero-order valence-electron chi connectivity index (χ0n) is 20.4. The number of fused-ring (bicyclic) bond motifs is 1. The minimum atomic E-state index is -0.762. The van der Waals surface area contributed by atoms with Crippen LogP contribution in [0.5, 0.6) is 0 Å². The number of carbonyl (C=O) groups excluding carboxylic acids is 2. The Bertz CT molecular complexity index is 1180. The van der Waals surface area contributed by atoms with Gasteiger partial charge >= 0.3 is 11.7 Å². The van der Waals surface area contributed by atoms with E-state index in [-0.39, 0.29) is 35.3 Å². The second-order valence-electron chi connectivity index (χ2n) is 11.2. The van der Waals surface area contributed by atoms with E-state index in [0.29, 0.717) is 11.9 Å². The molecule has 2 fully saturated rings. The third kappa shape index (κ3) is 4.81. The first-order valence-electron chi connectivity index (χ1n) is 12.3. The summed E-state index contributed by atoms with van der Waals surface area (Å²) in [4.78, 5) is 48.5. The van der Waals surface area contributed by atoms with E-state index in [0.717, 1.165) is 49.6 Å². The SMILES string of the molecule is Cn1c(=O)n(C2CCC(=O)NC2=O)c2ccc(CC3(CC(C)(C)CC(=O)O)CCCCC3)cc21. The van der Waals surface area contributed by atoms with Crippen molar-refractivity contribution in [2.45, 2.75) is 84.1 Å². The van der Waals surface area contributed by atoms with Gasteiger partial charge in [0.15, 0.2) is 0 Å². The molecule has 1 atom stereocenters. The van der Waals surface area contributed by atoms with Crippen molar-refractivity contribution in [3.63, 3.8) is 0 Å². The first kappa shape index (κ1) is 24.2. The molecule has 2 amide bonds. The molecule has 2 aromatic rings. The van der Waals surface area contributed by atoms with Crippen LogP contribution in [-0.4, -0.2) is 32.0 Å². The van der Waals surface area contributed by atoms with Crippen molar-refractivity contribution < 1.29 is 19.5 Å². The Balaban J connectivity index is 1.67. The molecule has 1 saturated carbocycles. The Morgan fingerprint density at radius 1 is 1.15 bits per heavy atom. The van der Waals surface area contributed by atoms with Crippen molar-refractivity contribution in [1.29, 1.82) is 0 Å². The van der Waals surface area contributed by atoms with Crippen LogP contribution in [0, 0.1) is 10.8 Å². The molecule has 1 aliphatic heterocycles. The number of amides is 2. The van der Waals surface area contributed by atoms with Gasteiger partial charge in [-0.15, -0.1) is 0 Å². The topological polar surface area (TPSA) is 110 Å². The number of aryl methyl sites for hydroxylation is 1. The molecule has 184 valence electrons. The van der Waals surface area contributed by atoms with Crippen LogP contribution in [0.15, 0.2) is 23.0 Å². The Morgan fingerprint density at radius 2 is 1.85 bits per heavy atom. The Hall–Kier alpha value is -2.90. The summed E-state index contributed by atoms with van der Waals surface area (Å²) in [6.45, 7) is 4.09. The van der Waals surface area contributed by atoms with Gasteiger partial charge in [0, 0.05) is 13.5 Å². The third-order valence-corrected chi connectivity index (χ3v) is 7.65. The van der Waals surface area contributed by atoms with Crippen molar-refractivity contribution in [3.8, 4) is 0 Å². The minimum absolute atomic E-state index is 0.0376. The van der Waals surface area contributed by atoms with Crippen LogP contribution < -0.4 is 11.0 Å². The van der Waals surface area contributed by atoms with E-state index in [2.05, 4.69) is 5.32 Å². The third-order valence-electron chi connectivity index (χ3n) is 7.65. The van der Waals surface area contributed by atoms with Gasteiger partial charge in [0.1, 0.15) is 6.04 Å². The van der Waals surface area contributed by atoms with E-state index in [4.69, 9.17) is 0 Å². The highest BCUT2D eigenvalue weighted by Crippen LogP contribution is 2.48. The lowest BCUT2D eigenvalue weighted by Crippen LogP contribution is -2.44. The van der Waals surface area contributed by atoms with Gasteiger partial charge in [0.25, 0.3) is 0 Å². The number of benzene rings is 1. The van der Waals surface area contributed by atoms with Gasteiger partial charge in [-0.2, -0.15) is 0 Å². The lowest BCUT2D eigenvalue weighted by atomic mass is 9.62. The molecular weight excluding hydrogens is 434 g/mol. The standard InChI is InChI=1S/C26H35N3O5/c1-25(2,15-22(31)32)16-26(11-5-4-6-12-26)14-17-7-8-18-20(13-17)28(3)24(34)29(18)19-9-10-21(30)27-23(19)33/h7-8,13,19H,4-6,9-12,14-16H2,1-3H3,(H,31,32)(H,27,30,33). The van der Waals surface area contributed by atoms with Crippen molar-refractivity contribution in [3.05, 3.63) is 34.2 Å². The molecule has 0 bridgehead atoms. The monoisotopic (exact) mass is 469 g/mol. The van der Waals surface area contributed by atoms with Crippen LogP contribution in [0.25, 0.3) is 11.0 Å². The van der Waals surface area contributed by atoms with Crippen LogP contribution >= 0.6 is 0 Å². The first-order chi connectivity index (χ1) is 16.0. The summed E-state index contributed by atoms with van der Waals surface area (Å²) in [5.74, 6) is -1.50. The first-order valence-corrected chi connectivity index (χ1v) is 12.3. The predicted molar refractivity (Wildman–Crippen MR) is 128 cm³/mol. The van der Waals surface area contributed by atoms with E-state index in [1.54, 1.807) is 11.6 Å². The van der Waals surface area contributed by atoms with E-state index in [1.165, 1.54) is 11.0 Å². The molecule has 1 aromatic heterocycles. The van der Waals surface area contributed by atoms with Crippen molar-refractivity contribution in [2.75, 3.05) is 0 Å². The Morgan fingerprint density at radius 3 is 2.50 bits per heavy atom. The molecule has 1 aromatic carbocycles. The molecule has 1 aliphatic carbocycles. The molecule has 1 unspecified atom stereocenters. The summed E-state index contributed by atoms with van der Waals surface area (Å²) in [6.07, 6.45) is 8.02. The number of aromatic nitrogens is 2. The molecule has 34 heavy (non-hydrogen) atoms. The zero-order valence-corrected chi connectivity index (χ0v) is 20.4. The van der Waals surface area contributed by atoms with Gasteiger partial charge in [-0.1, -0.05) is 39.2 Å². The van der Waals surface area contributed by atoms with E-state index in [1.807, 2.05) is 32.0 Å². The fourth-order valence-electron chi connectivity index (χ4n) is 6.39. The Labute approximate surface area is 199 Å². The number of carbonyl (C=O) groups is 3. The smallest absolute Gasteiger partial charge is 0.329 e. The summed E-state index contributed by atoms with van der Waals surface area (Å²) < 4.78 is 3.08. The molecule has 0 radical (unpaired) electrons. The summed E-state index contributed by atoms with van der Waals surface area (Å²) in [5.41, 5.74) is 2.05. The number of nitrogens with one attached hydrogen (secondary N) is 1. The number of hydrogen-bond acceptors (Lipinski definition) is 4. The summed E-state index contributed by atoms with van der Waals surface area (Å²) >= 11 is 0. The number of carboxylic acids is 1. The molecule has 2 heterocycles. The van der Waals surface area contributed by atoms with Crippen LogP contribution in [0.2, 0.25) is 0 Å². The predicted octanol–water partition coefficient (Wildman–Crippen LogP) is 3.70. The van der Waals surface area contributed by atoms with E-state index >= 15 is 0 Å². The quantitative estimate of drug-likeness (QED) is 0.601. The normalized spacial score (nSPS) is 21.0. The van der Waals surface area contributed by atoms with Crippen molar-refractivity contribution >= 4 is 28.8 Å². The fourth-order valence-corrected chi connectivity index (χ4v) is 6.39. The van der Waals surface area contributed by atoms with Crippen LogP contribution in [0.4, 0.5) is 0 Å². The fraction of sp³-hybridized carbons (Fsp3) is 0.615. The number of imide groups is 1. The maximum Gasteiger partial charge on any atom is 0.329 e. The summed E-state index contributed by atoms with van der Waals surface area (Å²) in [6, 6.07) is 5.29.